The molecule has 0 bridgehead atoms. The summed E-state index contributed by atoms with van der Waals surface area (Å²) in [6.07, 6.45) is 8.47. The first-order valence-electron chi connectivity index (χ1n) is 7.04. The van der Waals surface area contributed by atoms with Gasteiger partial charge >= 0.3 is 0 Å². The van der Waals surface area contributed by atoms with E-state index in [-0.39, 0.29) is 23.5 Å². The first kappa shape index (κ1) is 17.8. The second kappa shape index (κ2) is 13.2. The van der Waals surface area contributed by atoms with Gasteiger partial charge in [0.1, 0.15) is 0 Å². The second-order valence-electron chi connectivity index (χ2n) is 5.08. The highest BCUT2D eigenvalue weighted by Gasteiger charge is 1.98. The zero-order valence-electron chi connectivity index (χ0n) is 11.5. The number of hydrogen-bond acceptors (Lipinski definition) is 0. The molecule has 0 nitrogen and oxygen atoms in total. The molecule has 0 fully saturated rings. The lowest BCUT2D eigenvalue weighted by atomic mass is 10.1. The van der Waals surface area contributed by atoms with Crippen LogP contribution in [-0.4, -0.2) is 23.5 Å². The van der Waals surface area contributed by atoms with Crippen molar-refractivity contribution >= 4 is 42.2 Å². The van der Waals surface area contributed by atoms with Crippen molar-refractivity contribution in [1.29, 1.82) is 0 Å². The van der Waals surface area contributed by atoms with Gasteiger partial charge in [-0.1, -0.05) is 56.2 Å². The molecule has 0 aromatic carbocycles. The van der Waals surface area contributed by atoms with Crippen molar-refractivity contribution in [1.82, 2.24) is 0 Å². The van der Waals surface area contributed by atoms with Crippen LogP contribution in [0.2, 0.25) is 12.1 Å². The largest absolute Gasteiger partial charge is 0.110 e. The SMILES string of the molecule is CC(C)=C[SiH2]CCCCCCCC[SiH2]C(Cl)Cl. The van der Waals surface area contributed by atoms with Gasteiger partial charge < -0.3 is 0 Å². The van der Waals surface area contributed by atoms with E-state index in [0.29, 0.717) is 0 Å². The summed E-state index contributed by atoms with van der Waals surface area (Å²) in [5.74, 6) is 0. The molecule has 0 aromatic rings. The molecule has 0 heterocycles. The Kier molecular flexibility index (Phi) is 13.8. The first-order valence-corrected chi connectivity index (χ1v) is 11.5. The van der Waals surface area contributed by atoms with Crippen molar-refractivity contribution < 1.29 is 0 Å². The Morgan fingerprint density at radius 3 is 2.00 bits per heavy atom. The first-order chi connectivity index (χ1) is 8.13. The van der Waals surface area contributed by atoms with Gasteiger partial charge in [-0.2, -0.15) is 0 Å². The van der Waals surface area contributed by atoms with Crippen LogP contribution in [0, 0.1) is 0 Å². The van der Waals surface area contributed by atoms with Crippen LogP contribution in [-0.2, 0) is 0 Å². The maximum atomic E-state index is 5.74. The summed E-state index contributed by atoms with van der Waals surface area (Å²) >= 11 is 11.5. The van der Waals surface area contributed by atoms with E-state index in [1.165, 1.54) is 56.2 Å². The highest BCUT2D eigenvalue weighted by molar-refractivity contribution is 6.68. The molecule has 0 aliphatic rings. The predicted octanol–water partition coefficient (Wildman–Crippen LogP) is 4.19. The lowest BCUT2D eigenvalue weighted by molar-refractivity contribution is 0.623. The van der Waals surface area contributed by atoms with Crippen molar-refractivity contribution in [2.24, 2.45) is 0 Å². The third-order valence-electron chi connectivity index (χ3n) is 2.93. The molecule has 0 saturated heterocycles. The molecule has 4 heteroatoms. The monoisotopic (exact) mass is 310 g/mol. The van der Waals surface area contributed by atoms with Gasteiger partial charge in [-0.25, -0.2) is 0 Å². The molecule has 17 heavy (non-hydrogen) atoms. The minimum atomic E-state index is -0.183. The highest BCUT2D eigenvalue weighted by atomic mass is 35.5. The fraction of sp³-hybridized carbons (Fsp3) is 0.846. The Balaban J connectivity index is 3.01. The normalized spacial score (nSPS) is 12.3. The minimum Gasteiger partial charge on any atom is -0.110 e. The maximum Gasteiger partial charge on any atom is 0.0908 e. The van der Waals surface area contributed by atoms with Gasteiger partial charge in [0.15, 0.2) is 0 Å². The lowest BCUT2D eigenvalue weighted by Gasteiger charge is -2.02. The number of unbranched alkanes of at least 4 members (excludes halogenated alkanes) is 5. The Morgan fingerprint density at radius 2 is 1.47 bits per heavy atom. The third-order valence-corrected chi connectivity index (χ3v) is 7.60. The zero-order valence-corrected chi connectivity index (χ0v) is 15.8. The summed E-state index contributed by atoms with van der Waals surface area (Å²) in [7, 11) is -0.0613. The Morgan fingerprint density at radius 1 is 0.941 bits per heavy atom. The summed E-state index contributed by atoms with van der Waals surface area (Å²) < 4.78 is -0.0185. The van der Waals surface area contributed by atoms with Gasteiger partial charge in [0.25, 0.3) is 0 Å². The van der Waals surface area contributed by atoms with E-state index in [1.807, 2.05) is 0 Å². The zero-order chi connectivity index (χ0) is 12.9. The fourth-order valence-corrected chi connectivity index (χ4v) is 5.19. The van der Waals surface area contributed by atoms with Crippen LogP contribution >= 0.6 is 23.2 Å². The summed E-state index contributed by atoms with van der Waals surface area (Å²) in [4.78, 5) is 0. The van der Waals surface area contributed by atoms with Crippen LogP contribution in [0.5, 0.6) is 0 Å². The second-order valence-corrected chi connectivity index (χ2v) is 11.2. The molecule has 0 unspecified atom stereocenters. The summed E-state index contributed by atoms with van der Waals surface area (Å²) in [6, 6.07) is 2.82. The number of allylic oxidation sites excluding steroid dienone is 1. The summed E-state index contributed by atoms with van der Waals surface area (Å²) in [6.45, 7) is 4.42. The van der Waals surface area contributed by atoms with E-state index in [9.17, 15) is 0 Å². The van der Waals surface area contributed by atoms with E-state index in [4.69, 9.17) is 23.2 Å². The van der Waals surface area contributed by atoms with E-state index < -0.39 is 0 Å². The van der Waals surface area contributed by atoms with Gasteiger partial charge in [0.2, 0.25) is 0 Å². The predicted molar refractivity (Wildman–Crippen MR) is 89.3 cm³/mol. The van der Waals surface area contributed by atoms with E-state index >= 15 is 0 Å². The van der Waals surface area contributed by atoms with Gasteiger partial charge in [-0.15, -0.1) is 28.9 Å². The molecule has 0 aromatic heterocycles. The molecule has 0 N–H and O–H groups in total. The fourth-order valence-electron chi connectivity index (χ4n) is 1.89. The Labute approximate surface area is 122 Å². The molecule has 0 amide bonds. The third kappa shape index (κ3) is 16.8. The molecule has 0 aliphatic heterocycles. The van der Waals surface area contributed by atoms with Gasteiger partial charge in [0.05, 0.1) is 14.0 Å². The van der Waals surface area contributed by atoms with Gasteiger partial charge in [-0.05, 0) is 13.8 Å². The van der Waals surface area contributed by atoms with Crippen LogP contribution in [0.1, 0.15) is 52.4 Å². The highest BCUT2D eigenvalue weighted by Crippen LogP contribution is 2.10. The molecular weight excluding hydrogens is 283 g/mol. The van der Waals surface area contributed by atoms with Crippen molar-refractivity contribution in [3.05, 3.63) is 11.3 Å². The molecule has 0 rings (SSSR count). The average molecular weight is 311 g/mol. The van der Waals surface area contributed by atoms with Crippen LogP contribution in [0.15, 0.2) is 11.3 Å². The summed E-state index contributed by atoms with van der Waals surface area (Å²) in [5.41, 5.74) is 4.00. The van der Waals surface area contributed by atoms with Gasteiger partial charge in [-0.3, -0.25) is 0 Å². The molecule has 0 radical (unpaired) electrons. The Bertz CT molecular complexity index is 190. The van der Waals surface area contributed by atoms with Crippen LogP contribution in [0.3, 0.4) is 0 Å². The molecule has 102 valence electrons. The van der Waals surface area contributed by atoms with Crippen molar-refractivity contribution in [3.8, 4) is 0 Å². The Hall–Kier alpha value is 0.754. The minimum absolute atomic E-state index is 0.0185. The lowest BCUT2D eigenvalue weighted by Crippen LogP contribution is -1.99. The summed E-state index contributed by atoms with van der Waals surface area (Å²) in [5, 5.41) is 0. The van der Waals surface area contributed by atoms with Crippen LogP contribution in [0.4, 0.5) is 0 Å². The van der Waals surface area contributed by atoms with Gasteiger partial charge in [0, 0.05) is 9.52 Å². The number of halogens is 2. The van der Waals surface area contributed by atoms with Crippen LogP contribution in [0.25, 0.3) is 0 Å². The number of alkyl halides is 2. The maximum absolute atomic E-state index is 5.74. The smallest absolute Gasteiger partial charge is 0.0908 e. The van der Waals surface area contributed by atoms with Crippen molar-refractivity contribution in [2.45, 2.75) is 68.9 Å². The molecule has 0 aliphatic carbocycles. The number of rotatable bonds is 11. The molecule has 0 atom stereocenters. The molecule has 0 saturated carbocycles. The van der Waals surface area contributed by atoms with Crippen LogP contribution < -0.4 is 0 Å². The quantitative estimate of drug-likeness (QED) is 0.305. The number of hydrogen-bond donors (Lipinski definition) is 0. The van der Waals surface area contributed by atoms with E-state index in [1.54, 1.807) is 0 Å². The standard InChI is InChI=1S/C13H28Cl2Si2/c1-12(2)11-16-9-7-5-3-4-6-8-10-17-13(14)15/h11,13H,3-10,16-17H2,1-2H3. The van der Waals surface area contributed by atoms with Crippen molar-refractivity contribution in [2.75, 3.05) is 0 Å². The van der Waals surface area contributed by atoms with E-state index in [0.717, 1.165) is 0 Å². The van der Waals surface area contributed by atoms with E-state index in [2.05, 4.69) is 19.5 Å². The molecule has 0 spiro atoms. The average Bonchev–Trinajstić information content (AvgIpc) is 2.25. The molecular formula is C13H28Cl2Si2. The van der Waals surface area contributed by atoms with Crippen molar-refractivity contribution in [3.63, 3.8) is 0 Å². The topological polar surface area (TPSA) is 0 Å².